The zero-order chi connectivity index (χ0) is 9.42. The number of aromatic nitrogens is 2. The van der Waals surface area contributed by atoms with Crippen molar-refractivity contribution in [2.24, 2.45) is 0 Å². The average molecular weight is 241 g/mol. The molecule has 0 atom stereocenters. The summed E-state index contributed by atoms with van der Waals surface area (Å²) in [5.41, 5.74) is 2.38. The van der Waals surface area contributed by atoms with Crippen LogP contribution in [0.1, 0.15) is 49.9 Å². The van der Waals surface area contributed by atoms with Gasteiger partial charge in [-0.2, -0.15) is 0 Å². The SMILES string of the molecule is CC(C)c1ncc(Br)nc1C1CC1. The summed E-state index contributed by atoms with van der Waals surface area (Å²) in [5.74, 6) is 1.17. The fourth-order valence-electron chi connectivity index (χ4n) is 1.49. The van der Waals surface area contributed by atoms with Gasteiger partial charge < -0.3 is 0 Å². The van der Waals surface area contributed by atoms with Gasteiger partial charge in [-0.3, -0.25) is 4.98 Å². The molecule has 0 aromatic carbocycles. The van der Waals surface area contributed by atoms with Gasteiger partial charge in [0.1, 0.15) is 4.60 Å². The zero-order valence-electron chi connectivity index (χ0n) is 7.92. The van der Waals surface area contributed by atoms with Crippen LogP contribution in [0.3, 0.4) is 0 Å². The third-order valence-corrected chi connectivity index (χ3v) is 2.69. The molecule has 0 N–H and O–H groups in total. The first-order chi connectivity index (χ1) is 6.18. The summed E-state index contributed by atoms with van der Waals surface area (Å²) in [7, 11) is 0. The van der Waals surface area contributed by atoms with Crippen molar-refractivity contribution in [3.8, 4) is 0 Å². The third kappa shape index (κ3) is 1.90. The molecule has 2 nitrogen and oxygen atoms in total. The van der Waals surface area contributed by atoms with Crippen molar-refractivity contribution in [1.82, 2.24) is 9.97 Å². The molecule has 1 aromatic rings. The largest absolute Gasteiger partial charge is 0.256 e. The van der Waals surface area contributed by atoms with Gasteiger partial charge in [0, 0.05) is 5.92 Å². The van der Waals surface area contributed by atoms with E-state index in [0.29, 0.717) is 11.8 Å². The maximum absolute atomic E-state index is 4.51. The number of nitrogens with zero attached hydrogens (tertiary/aromatic N) is 2. The van der Waals surface area contributed by atoms with E-state index < -0.39 is 0 Å². The molecule has 1 aliphatic carbocycles. The lowest BCUT2D eigenvalue weighted by atomic mass is 10.1. The Kier molecular flexibility index (Phi) is 2.37. The Balaban J connectivity index is 2.42. The quantitative estimate of drug-likeness (QED) is 0.794. The highest BCUT2D eigenvalue weighted by Crippen LogP contribution is 2.41. The van der Waals surface area contributed by atoms with E-state index in [0.717, 1.165) is 4.60 Å². The molecule has 3 heteroatoms. The van der Waals surface area contributed by atoms with Gasteiger partial charge in [-0.15, -0.1) is 0 Å². The lowest BCUT2D eigenvalue weighted by molar-refractivity contribution is 0.771. The Bertz CT molecular complexity index is 319. The molecule has 1 fully saturated rings. The second-order valence-corrected chi connectivity index (χ2v) is 4.70. The summed E-state index contributed by atoms with van der Waals surface area (Å²) in [5, 5.41) is 0. The van der Waals surface area contributed by atoms with Crippen molar-refractivity contribution in [1.29, 1.82) is 0 Å². The second kappa shape index (κ2) is 3.37. The van der Waals surface area contributed by atoms with Crippen molar-refractivity contribution in [2.75, 3.05) is 0 Å². The minimum Gasteiger partial charge on any atom is -0.256 e. The van der Waals surface area contributed by atoms with E-state index >= 15 is 0 Å². The van der Waals surface area contributed by atoms with Crippen molar-refractivity contribution in [2.45, 2.75) is 38.5 Å². The molecule has 70 valence electrons. The molecule has 1 aromatic heterocycles. The molecule has 0 radical (unpaired) electrons. The highest BCUT2D eigenvalue weighted by molar-refractivity contribution is 9.10. The van der Waals surface area contributed by atoms with Gasteiger partial charge in [-0.1, -0.05) is 13.8 Å². The molecule has 0 unspecified atom stereocenters. The van der Waals surface area contributed by atoms with Crippen LogP contribution >= 0.6 is 15.9 Å². The summed E-state index contributed by atoms with van der Waals surface area (Å²) in [4.78, 5) is 8.94. The molecule has 0 spiro atoms. The zero-order valence-corrected chi connectivity index (χ0v) is 9.50. The number of halogens is 1. The molecule has 13 heavy (non-hydrogen) atoms. The van der Waals surface area contributed by atoms with Gasteiger partial charge in [-0.25, -0.2) is 4.98 Å². The Labute approximate surface area is 86.9 Å². The fraction of sp³-hybridized carbons (Fsp3) is 0.600. The van der Waals surface area contributed by atoms with Gasteiger partial charge in [0.25, 0.3) is 0 Å². The predicted octanol–water partition coefficient (Wildman–Crippen LogP) is 3.24. The Morgan fingerprint density at radius 2 is 2.15 bits per heavy atom. The summed E-state index contributed by atoms with van der Waals surface area (Å²) >= 11 is 3.37. The molecule has 0 saturated heterocycles. The lowest BCUT2D eigenvalue weighted by Crippen LogP contribution is -2.02. The van der Waals surface area contributed by atoms with E-state index in [1.165, 1.54) is 24.2 Å². The first kappa shape index (κ1) is 9.13. The number of hydrogen-bond acceptors (Lipinski definition) is 2. The van der Waals surface area contributed by atoms with E-state index in [4.69, 9.17) is 0 Å². The molecule has 0 amide bonds. The lowest BCUT2D eigenvalue weighted by Gasteiger charge is -2.09. The van der Waals surface area contributed by atoms with Gasteiger partial charge in [0.15, 0.2) is 0 Å². The van der Waals surface area contributed by atoms with E-state index in [9.17, 15) is 0 Å². The Hall–Kier alpha value is -0.440. The monoisotopic (exact) mass is 240 g/mol. The van der Waals surface area contributed by atoms with Gasteiger partial charge in [0.05, 0.1) is 17.6 Å². The smallest absolute Gasteiger partial charge is 0.124 e. The molecule has 1 heterocycles. The van der Waals surface area contributed by atoms with Crippen molar-refractivity contribution in [3.63, 3.8) is 0 Å². The number of hydrogen-bond donors (Lipinski definition) is 0. The van der Waals surface area contributed by atoms with Crippen LogP contribution in [0, 0.1) is 0 Å². The summed E-state index contributed by atoms with van der Waals surface area (Å²) in [6, 6.07) is 0. The van der Waals surface area contributed by atoms with Crippen molar-refractivity contribution >= 4 is 15.9 Å². The van der Waals surface area contributed by atoms with E-state index in [1.54, 1.807) is 6.20 Å². The maximum atomic E-state index is 4.51. The van der Waals surface area contributed by atoms with Crippen LogP contribution in [0.4, 0.5) is 0 Å². The second-order valence-electron chi connectivity index (χ2n) is 3.89. The minimum absolute atomic E-state index is 0.483. The predicted molar refractivity (Wildman–Crippen MR) is 55.8 cm³/mol. The Morgan fingerprint density at radius 1 is 1.46 bits per heavy atom. The summed E-state index contributed by atoms with van der Waals surface area (Å²) in [6.07, 6.45) is 4.36. The normalized spacial score (nSPS) is 16.6. The number of rotatable bonds is 2. The summed E-state index contributed by atoms with van der Waals surface area (Å²) in [6.45, 7) is 4.34. The van der Waals surface area contributed by atoms with Gasteiger partial charge in [0.2, 0.25) is 0 Å². The molecular weight excluding hydrogens is 228 g/mol. The third-order valence-electron chi connectivity index (χ3n) is 2.31. The molecule has 1 aliphatic rings. The van der Waals surface area contributed by atoms with E-state index in [1.807, 2.05) is 0 Å². The highest BCUT2D eigenvalue weighted by Gasteiger charge is 2.29. The highest BCUT2D eigenvalue weighted by atomic mass is 79.9. The molecule has 0 aliphatic heterocycles. The van der Waals surface area contributed by atoms with Gasteiger partial charge in [-0.05, 0) is 34.7 Å². The Morgan fingerprint density at radius 3 is 2.69 bits per heavy atom. The minimum atomic E-state index is 0.483. The van der Waals surface area contributed by atoms with E-state index in [2.05, 4.69) is 39.7 Å². The first-order valence-corrected chi connectivity index (χ1v) is 5.50. The van der Waals surface area contributed by atoms with Crippen LogP contribution in [0.25, 0.3) is 0 Å². The van der Waals surface area contributed by atoms with Crippen molar-refractivity contribution in [3.05, 3.63) is 22.2 Å². The summed E-state index contributed by atoms with van der Waals surface area (Å²) < 4.78 is 0.860. The van der Waals surface area contributed by atoms with Gasteiger partial charge >= 0.3 is 0 Å². The van der Waals surface area contributed by atoms with Crippen LogP contribution in [0.15, 0.2) is 10.8 Å². The first-order valence-electron chi connectivity index (χ1n) is 4.71. The standard InChI is InChI=1S/C10H13BrN2/c1-6(2)9-10(7-3-4-7)13-8(11)5-12-9/h5-7H,3-4H2,1-2H3. The molecule has 1 saturated carbocycles. The van der Waals surface area contributed by atoms with Crippen molar-refractivity contribution < 1.29 is 0 Å². The van der Waals surface area contributed by atoms with Crippen LogP contribution in [0.5, 0.6) is 0 Å². The average Bonchev–Trinajstić information content (AvgIpc) is 2.85. The van der Waals surface area contributed by atoms with E-state index in [-0.39, 0.29) is 0 Å². The van der Waals surface area contributed by atoms with Crippen LogP contribution in [0.2, 0.25) is 0 Å². The molecular formula is C10H13BrN2. The molecule has 0 bridgehead atoms. The van der Waals surface area contributed by atoms with Crippen LogP contribution in [-0.4, -0.2) is 9.97 Å². The van der Waals surface area contributed by atoms with Crippen LogP contribution < -0.4 is 0 Å². The maximum Gasteiger partial charge on any atom is 0.124 e. The fourth-order valence-corrected chi connectivity index (χ4v) is 1.79. The topological polar surface area (TPSA) is 25.8 Å². The molecule has 2 rings (SSSR count). The van der Waals surface area contributed by atoms with Crippen LogP contribution in [-0.2, 0) is 0 Å².